The minimum absolute atomic E-state index is 0.238. The summed E-state index contributed by atoms with van der Waals surface area (Å²) in [5, 5.41) is 3.00. The van der Waals surface area contributed by atoms with Crippen LogP contribution in [-0.2, 0) is 0 Å². The van der Waals surface area contributed by atoms with E-state index in [0.717, 1.165) is 5.56 Å². The van der Waals surface area contributed by atoms with Gasteiger partial charge >= 0.3 is 0 Å². The van der Waals surface area contributed by atoms with Crippen molar-refractivity contribution in [1.29, 1.82) is 0 Å². The third kappa shape index (κ3) is 3.29. The summed E-state index contributed by atoms with van der Waals surface area (Å²) in [4.78, 5) is 11.6. The molecule has 0 spiro atoms. The second-order valence-corrected chi connectivity index (χ2v) is 3.83. The van der Waals surface area contributed by atoms with Gasteiger partial charge in [-0.25, -0.2) is 0 Å². The molecule has 0 aliphatic heterocycles. The van der Waals surface area contributed by atoms with Crippen LogP contribution in [0.5, 0.6) is 0 Å². The number of nitrogens with two attached hydrogens (primary N) is 1. The third-order valence-electron chi connectivity index (χ3n) is 1.89. The summed E-state index contributed by atoms with van der Waals surface area (Å²) in [6.45, 7) is 5.62. The lowest BCUT2D eigenvalue weighted by Crippen LogP contribution is -2.25. The molecule has 3 nitrogen and oxygen atoms in total. The van der Waals surface area contributed by atoms with Gasteiger partial charge in [0.1, 0.15) is 0 Å². The Morgan fingerprint density at radius 2 is 2.27 bits per heavy atom. The number of amides is 1. The molecule has 0 fully saturated rings. The summed E-state index contributed by atoms with van der Waals surface area (Å²) in [6, 6.07) is 5.30. The van der Waals surface area contributed by atoms with Crippen LogP contribution in [0.15, 0.2) is 29.8 Å². The van der Waals surface area contributed by atoms with E-state index in [1.54, 1.807) is 12.1 Å². The molecule has 15 heavy (non-hydrogen) atoms. The smallest absolute Gasteiger partial charge is 0.253 e. The lowest BCUT2D eigenvalue weighted by molar-refractivity contribution is 0.0958. The van der Waals surface area contributed by atoms with E-state index in [0.29, 0.717) is 16.3 Å². The average Bonchev–Trinajstić information content (AvgIpc) is 2.18. The summed E-state index contributed by atoms with van der Waals surface area (Å²) >= 11 is 5.54. The highest BCUT2D eigenvalue weighted by molar-refractivity contribution is 6.29. The highest BCUT2D eigenvalue weighted by Gasteiger charge is 2.08. The molecule has 3 N–H and O–H groups in total. The highest BCUT2D eigenvalue weighted by atomic mass is 35.5. The molecule has 0 heterocycles. The van der Waals surface area contributed by atoms with Crippen molar-refractivity contribution in [1.82, 2.24) is 5.32 Å². The zero-order valence-electron chi connectivity index (χ0n) is 8.51. The number of carbonyl (C=O) groups excluding carboxylic acids is 1. The van der Waals surface area contributed by atoms with E-state index in [1.807, 2.05) is 13.0 Å². The van der Waals surface area contributed by atoms with Crippen LogP contribution in [-0.4, -0.2) is 12.5 Å². The maximum absolute atomic E-state index is 11.6. The Labute approximate surface area is 93.9 Å². The maximum atomic E-state index is 11.6. The summed E-state index contributed by atoms with van der Waals surface area (Å²) in [5.41, 5.74) is 7.59. The summed E-state index contributed by atoms with van der Waals surface area (Å²) in [6.07, 6.45) is 0. The minimum atomic E-state index is -0.238. The van der Waals surface area contributed by atoms with E-state index >= 15 is 0 Å². The van der Waals surface area contributed by atoms with Crippen LogP contribution in [0.3, 0.4) is 0 Å². The lowest BCUT2D eigenvalue weighted by Gasteiger charge is -2.07. The number of benzene rings is 1. The first kappa shape index (κ1) is 11.6. The van der Waals surface area contributed by atoms with Gasteiger partial charge < -0.3 is 11.1 Å². The largest absolute Gasteiger partial charge is 0.398 e. The van der Waals surface area contributed by atoms with E-state index in [-0.39, 0.29) is 12.5 Å². The Morgan fingerprint density at radius 3 is 2.87 bits per heavy atom. The van der Waals surface area contributed by atoms with Gasteiger partial charge in [0.15, 0.2) is 0 Å². The maximum Gasteiger partial charge on any atom is 0.253 e. The molecule has 0 radical (unpaired) electrons. The Bertz CT molecular complexity index is 402. The van der Waals surface area contributed by atoms with Gasteiger partial charge in [-0.3, -0.25) is 4.79 Å². The number of nitrogen functional groups attached to an aromatic ring is 1. The second-order valence-electron chi connectivity index (χ2n) is 3.29. The fourth-order valence-electron chi connectivity index (χ4n) is 1.14. The van der Waals surface area contributed by atoms with E-state index in [4.69, 9.17) is 17.3 Å². The van der Waals surface area contributed by atoms with Crippen LogP contribution >= 0.6 is 11.6 Å². The molecule has 0 saturated heterocycles. The summed E-state index contributed by atoms with van der Waals surface area (Å²) in [7, 11) is 0. The quantitative estimate of drug-likeness (QED) is 0.773. The standard InChI is InChI=1S/C11H13ClN2O/c1-7-3-4-10(13)9(5-7)11(15)14-6-8(2)12/h3-5H,2,6,13H2,1H3,(H,14,15). The van der Waals surface area contributed by atoms with Crippen molar-refractivity contribution < 1.29 is 4.79 Å². The van der Waals surface area contributed by atoms with Crippen molar-refractivity contribution in [3.63, 3.8) is 0 Å². The molecule has 0 aromatic heterocycles. The first-order valence-corrected chi connectivity index (χ1v) is 4.86. The van der Waals surface area contributed by atoms with Gasteiger partial charge in [-0.15, -0.1) is 0 Å². The topological polar surface area (TPSA) is 55.1 Å². The van der Waals surface area contributed by atoms with Crippen LogP contribution in [0.2, 0.25) is 0 Å². The van der Waals surface area contributed by atoms with E-state index in [9.17, 15) is 4.79 Å². The number of nitrogens with one attached hydrogen (secondary N) is 1. The number of halogens is 1. The van der Waals surface area contributed by atoms with Crippen LogP contribution in [0.4, 0.5) is 5.69 Å². The normalized spacial score (nSPS) is 9.73. The SMILES string of the molecule is C=C(Cl)CNC(=O)c1cc(C)ccc1N. The molecule has 1 rings (SSSR count). The number of rotatable bonds is 3. The Balaban J connectivity index is 2.81. The van der Waals surface area contributed by atoms with Crippen molar-refractivity contribution >= 4 is 23.2 Å². The van der Waals surface area contributed by atoms with Crippen LogP contribution in [0, 0.1) is 6.92 Å². The molecule has 0 unspecified atom stereocenters. The fraction of sp³-hybridized carbons (Fsp3) is 0.182. The zero-order valence-corrected chi connectivity index (χ0v) is 9.27. The number of aryl methyl sites for hydroxylation is 1. The summed E-state index contributed by atoms with van der Waals surface area (Å²) < 4.78 is 0. The zero-order chi connectivity index (χ0) is 11.4. The lowest BCUT2D eigenvalue weighted by atomic mass is 10.1. The highest BCUT2D eigenvalue weighted by Crippen LogP contribution is 2.13. The first-order chi connectivity index (χ1) is 7.00. The molecule has 0 bridgehead atoms. The molecule has 1 aromatic rings. The Morgan fingerprint density at radius 1 is 1.60 bits per heavy atom. The molecule has 0 aliphatic carbocycles. The van der Waals surface area contributed by atoms with Gasteiger partial charge in [-0.2, -0.15) is 0 Å². The van der Waals surface area contributed by atoms with Gasteiger partial charge in [-0.1, -0.05) is 29.8 Å². The predicted octanol–water partition coefficient (Wildman–Crippen LogP) is 2.06. The molecule has 80 valence electrons. The molecule has 0 aliphatic rings. The van der Waals surface area contributed by atoms with Crippen molar-refractivity contribution in [2.24, 2.45) is 0 Å². The summed E-state index contributed by atoms with van der Waals surface area (Å²) in [5.74, 6) is -0.238. The average molecular weight is 225 g/mol. The molecule has 0 saturated carbocycles. The minimum Gasteiger partial charge on any atom is -0.398 e. The van der Waals surface area contributed by atoms with Gasteiger partial charge in [0.25, 0.3) is 5.91 Å². The molecular formula is C11H13ClN2O. The fourth-order valence-corrected chi connectivity index (χ4v) is 1.20. The van der Waals surface area contributed by atoms with Gasteiger partial charge in [-0.05, 0) is 19.1 Å². The predicted molar refractivity (Wildman–Crippen MR) is 62.9 cm³/mol. The monoisotopic (exact) mass is 224 g/mol. The molecular weight excluding hydrogens is 212 g/mol. The van der Waals surface area contributed by atoms with E-state index in [2.05, 4.69) is 11.9 Å². The molecule has 1 aromatic carbocycles. The number of carbonyl (C=O) groups is 1. The van der Waals surface area contributed by atoms with Gasteiger partial charge in [0, 0.05) is 10.7 Å². The van der Waals surface area contributed by atoms with Gasteiger partial charge in [0.2, 0.25) is 0 Å². The number of hydrogen-bond acceptors (Lipinski definition) is 2. The first-order valence-electron chi connectivity index (χ1n) is 4.48. The molecule has 4 heteroatoms. The van der Waals surface area contributed by atoms with Crippen molar-refractivity contribution in [2.45, 2.75) is 6.92 Å². The number of hydrogen-bond donors (Lipinski definition) is 2. The number of anilines is 1. The third-order valence-corrected chi connectivity index (χ3v) is 2.03. The van der Waals surface area contributed by atoms with Gasteiger partial charge in [0.05, 0.1) is 12.1 Å². The van der Waals surface area contributed by atoms with Crippen molar-refractivity contribution in [3.8, 4) is 0 Å². The van der Waals surface area contributed by atoms with E-state index < -0.39 is 0 Å². The second kappa shape index (κ2) is 4.84. The Kier molecular flexibility index (Phi) is 3.74. The van der Waals surface area contributed by atoms with Crippen molar-refractivity contribution in [3.05, 3.63) is 40.9 Å². The van der Waals surface area contributed by atoms with Crippen LogP contribution in [0.1, 0.15) is 15.9 Å². The van der Waals surface area contributed by atoms with E-state index in [1.165, 1.54) is 0 Å². The van der Waals surface area contributed by atoms with Crippen LogP contribution in [0.25, 0.3) is 0 Å². The van der Waals surface area contributed by atoms with Crippen LogP contribution < -0.4 is 11.1 Å². The van der Waals surface area contributed by atoms with Crippen molar-refractivity contribution in [2.75, 3.05) is 12.3 Å². The molecule has 1 amide bonds. The Hall–Kier alpha value is -1.48. The molecule has 0 atom stereocenters.